The van der Waals surface area contributed by atoms with E-state index >= 15 is 0 Å². The van der Waals surface area contributed by atoms with Crippen molar-refractivity contribution in [3.8, 4) is 0 Å². The Labute approximate surface area is 125 Å². The molecule has 4 nitrogen and oxygen atoms in total. The zero-order valence-electron chi connectivity index (χ0n) is 12.3. The van der Waals surface area contributed by atoms with Crippen molar-refractivity contribution in [1.29, 1.82) is 0 Å². The summed E-state index contributed by atoms with van der Waals surface area (Å²) in [5.41, 5.74) is 8.44. The topological polar surface area (TPSA) is 76.0 Å². The van der Waals surface area contributed by atoms with Crippen LogP contribution in [0.1, 0.15) is 31.2 Å². The molecular weight excluding hydrogens is 284 g/mol. The van der Waals surface area contributed by atoms with Gasteiger partial charge in [-0.3, -0.25) is 0 Å². The number of sulfone groups is 1. The third-order valence-electron chi connectivity index (χ3n) is 4.63. The second-order valence-electron chi connectivity index (χ2n) is 6.21. The molecule has 0 bridgehead atoms. The van der Waals surface area contributed by atoms with Crippen molar-refractivity contribution in [2.24, 2.45) is 11.7 Å². The first-order chi connectivity index (χ1) is 9.95. The van der Waals surface area contributed by atoms with Crippen molar-refractivity contribution in [3.63, 3.8) is 0 Å². The van der Waals surface area contributed by atoms with E-state index in [0.717, 1.165) is 22.9 Å². The number of hydrogen-bond acceptors (Lipinski definition) is 3. The minimum atomic E-state index is -3.18. The molecule has 1 aromatic heterocycles. The van der Waals surface area contributed by atoms with Gasteiger partial charge in [0, 0.05) is 29.4 Å². The zero-order valence-corrected chi connectivity index (χ0v) is 13.1. The fourth-order valence-corrected chi connectivity index (χ4v) is 4.01. The molecule has 3 N–H and O–H groups in total. The molecule has 1 saturated carbocycles. The standard InChI is InChI=1S/C16H22N2O2S/c1-21(19,20)13-6-7-16-14(9-13)12(10-18-16)8-15(17)11-4-2-3-5-11/h6-7,9-11,15,18H,2-5,8,17H2,1H3. The van der Waals surface area contributed by atoms with Crippen molar-refractivity contribution >= 4 is 20.7 Å². The number of aromatic amines is 1. The van der Waals surface area contributed by atoms with E-state index in [1.54, 1.807) is 12.1 Å². The lowest BCUT2D eigenvalue weighted by Crippen LogP contribution is -2.30. The Hall–Kier alpha value is -1.33. The van der Waals surface area contributed by atoms with Crippen molar-refractivity contribution in [1.82, 2.24) is 4.98 Å². The van der Waals surface area contributed by atoms with E-state index in [1.165, 1.54) is 31.9 Å². The molecule has 0 spiro atoms. The Morgan fingerprint density at radius 1 is 1.33 bits per heavy atom. The van der Waals surface area contributed by atoms with Crippen LogP contribution < -0.4 is 5.73 Å². The lowest BCUT2D eigenvalue weighted by molar-refractivity contribution is 0.430. The molecule has 0 aliphatic heterocycles. The molecule has 0 radical (unpaired) electrons. The first-order valence-electron chi connectivity index (χ1n) is 7.51. The largest absolute Gasteiger partial charge is 0.361 e. The minimum Gasteiger partial charge on any atom is -0.361 e. The second kappa shape index (κ2) is 5.46. The van der Waals surface area contributed by atoms with Crippen LogP contribution in [-0.4, -0.2) is 25.7 Å². The van der Waals surface area contributed by atoms with Crippen LogP contribution in [0.3, 0.4) is 0 Å². The first-order valence-corrected chi connectivity index (χ1v) is 9.40. The molecule has 114 valence electrons. The summed E-state index contributed by atoms with van der Waals surface area (Å²) in [5, 5.41) is 0.978. The molecule has 1 unspecified atom stereocenters. The van der Waals surface area contributed by atoms with Gasteiger partial charge in [-0.05, 0) is 48.9 Å². The fraction of sp³-hybridized carbons (Fsp3) is 0.500. The lowest BCUT2D eigenvalue weighted by atomic mass is 9.93. The van der Waals surface area contributed by atoms with E-state index in [2.05, 4.69) is 4.98 Å². The Morgan fingerprint density at radius 3 is 2.71 bits per heavy atom. The summed E-state index contributed by atoms with van der Waals surface area (Å²) in [5.74, 6) is 0.605. The Morgan fingerprint density at radius 2 is 2.05 bits per heavy atom. The van der Waals surface area contributed by atoms with Crippen LogP contribution in [-0.2, 0) is 16.3 Å². The highest BCUT2D eigenvalue weighted by atomic mass is 32.2. The number of aromatic nitrogens is 1. The smallest absolute Gasteiger partial charge is 0.175 e. The number of nitrogens with one attached hydrogen (secondary N) is 1. The molecular formula is C16H22N2O2S. The number of H-pyrrole nitrogens is 1. The third kappa shape index (κ3) is 2.99. The van der Waals surface area contributed by atoms with Gasteiger partial charge in [0.1, 0.15) is 0 Å². The van der Waals surface area contributed by atoms with E-state index in [9.17, 15) is 8.42 Å². The van der Waals surface area contributed by atoms with Crippen molar-refractivity contribution in [2.75, 3.05) is 6.26 Å². The summed E-state index contributed by atoms with van der Waals surface area (Å²) in [6, 6.07) is 5.40. The fourth-order valence-electron chi connectivity index (χ4n) is 3.36. The Kier molecular flexibility index (Phi) is 3.80. The summed E-state index contributed by atoms with van der Waals surface area (Å²) in [6.07, 6.45) is 9.01. The number of rotatable bonds is 4. The van der Waals surface area contributed by atoms with Crippen LogP contribution in [0.25, 0.3) is 10.9 Å². The van der Waals surface area contributed by atoms with Gasteiger partial charge >= 0.3 is 0 Å². The van der Waals surface area contributed by atoms with Crippen molar-refractivity contribution in [3.05, 3.63) is 30.0 Å². The Bertz CT molecular complexity index is 743. The maximum absolute atomic E-state index is 11.7. The summed E-state index contributed by atoms with van der Waals surface area (Å²) in [7, 11) is -3.18. The van der Waals surface area contributed by atoms with Crippen LogP contribution in [0.2, 0.25) is 0 Å². The number of hydrogen-bond donors (Lipinski definition) is 2. The average Bonchev–Trinajstić information content (AvgIpc) is 3.07. The highest BCUT2D eigenvalue weighted by Crippen LogP contribution is 2.30. The molecule has 0 saturated heterocycles. The summed E-state index contributed by atoms with van der Waals surface area (Å²) < 4.78 is 23.4. The highest BCUT2D eigenvalue weighted by Gasteiger charge is 2.23. The monoisotopic (exact) mass is 306 g/mol. The van der Waals surface area contributed by atoms with Gasteiger partial charge < -0.3 is 10.7 Å². The molecule has 1 aromatic carbocycles. The summed E-state index contributed by atoms with van der Waals surface area (Å²) in [6.45, 7) is 0. The first kappa shape index (κ1) is 14.6. The van der Waals surface area contributed by atoms with Crippen LogP contribution in [0.5, 0.6) is 0 Å². The van der Waals surface area contributed by atoms with Gasteiger partial charge in [-0.25, -0.2) is 8.42 Å². The molecule has 5 heteroatoms. The third-order valence-corrected chi connectivity index (χ3v) is 5.74. The average molecular weight is 306 g/mol. The minimum absolute atomic E-state index is 0.161. The maximum atomic E-state index is 11.7. The van der Waals surface area contributed by atoms with Gasteiger partial charge in [0.15, 0.2) is 9.84 Å². The normalized spacial score (nSPS) is 18.4. The van der Waals surface area contributed by atoms with E-state index in [0.29, 0.717) is 10.8 Å². The number of benzene rings is 1. The predicted octanol–water partition coefficient (Wildman–Crippen LogP) is 2.63. The molecule has 1 aliphatic rings. The number of fused-ring (bicyclic) bond motifs is 1. The second-order valence-corrected chi connectivity index (χ2v) is 8.22. The van der Waals surface area contributed by atoms with E-state index < -0.39 is 9.84 Å². The van der Waals surface area contributed by atoms with E-state index in [4.69, 9.17) is 5.73 Å². The molecule has 1 atom stereocenters. The predicted molar refractivity (Wildman–Crippen MR) is 85.0 cm³/mol. The lowest BCUT2D eigenvalue weighted by Gasteiger charge is -2.18. The molecule has 1 fully saturated rings. The van der Waals surface area contributed by atoms with E-state index in [-0.39, 0.29) is 6.04 Å². The van der Waals surface area contributed by atoms with Gasteiger partial charge in [-0.2, -0.15) is 0 Å². The zero-order chi connectivity index (χ0) is 15.0. The van der Waals surface area contributed by atoms with E-state index in [1.807, 2.05) is 12.3 Å². The van der Waals surface area contributed by atoms with Gasteiger partial charge in [0.05, 0.1) is 4.90 Å². The van der Waals surface area contributed by atoms with Crippen LogP contribution in [0, 0.1) is 5.92 Å². The Balaban J connectivity index is 1.91. The molecule has 2 aromatic rings. The maximum Gasteiger partial charge on any atom is 0.175 e. The van der Waals surface area contributed by atoms with Crippen molar-refractivity contribution < 1.29 is 8.42 Å². The van der Waals surface area contributed by atoms with Gasteiger partial charge in [-0.15, -0.1) is 0 Å². The quantitative estimate of drug-likeness (QED) is 0.911. The van der Waals surface area contributed by atoms with Crippen LogP contribution in [0.4, 0.5) is 0 Å². The molecule has 3 rings (SSSR count). The SMILES string of the molecule is CS(=O)(=O)c1ccc2[nH]cc(CC(N)C3CCCC3)c2c1. The van der Waals surface area contributed by atoms with Crippen molar-refractivity contribution in [2.45, 2.75) is 43.0 Å². The molecule has 21 heavy (non-hydrogen) atoms. The highest BCUT2D eigenvalue weighted by molar-refractivity contribution is 7.90. The van der Waals surface area contributed by atoms with Crippen LogP contribution in [0.15, 0.2) is 29.3 Å². The van der Waals surface area contributed by atoms with Gasteiger partial charge in [-0.1, -0.05) is 12.8 Å². The number of nitrogens with two attached hydrogens (primary N) is 1. The summed E-state index contributed by atoms with van der Waals surface area (Å²) >= 11 is 0. The van der Waals surface area contributed by atoms with Gasteiger partial charge in [0.2, 0.25) is 0 Å². The summed E-state index contributed by atoms with van der Waals surface area (Å²) in [4.78, 5) is 3.58. The molecule has 1 aliphatic carbocycles. The molecule has 1 heterocycles. The van der Waals surface area contributed by atoms with Gasteiger partial charge in [0.25, 0.3) is 0 Å². The molecule has 0 amide bonds. The van der Waals surface area contributed by atoms with Crippen LogP contribution >= 0.6 is 0 Å².